The number of pyridine rings is 1. The standard InChI is InChI=1S/C19H21F2N5O/c1-27-14-4-6-23-13(9-14)10-26-18-8-12(20)2-3-17(18)24-19(26)25-7-5-15(21)16(22)11-25/h2-4,6,8-9,15-16H,5,7,10-11,22H2,1H3/t15-,16-/m1/s1. The van der Waals surface area contributed by atoms with Gasteiger partial charge in [0.25, 0.3) is 0 Å². The first-order valence-electron chi connectivity index (χ1n) is 8.84. The van der Waals surface area contributed by atoms with Crippen LogP contribution in [0.4, 0.5) is 14.7 Å². The Labute approximate surface area is 155 Å². The Morgan fingerprint density at radius 1 is 1.30 bits per heavy atom. The number of piperidine rings is 1. The molecule has 1 saturated heterocycles. The number of methoxy groups -OCH3 is 1. The van der Waals surface area contributed by atoms with Gasteiger partial charge in [-0.1, -0.05) is 0 Å². The molecule has 0 radical (unpaired) electrons. The summed E-state index contributed by atoms with van der Waals surface area (Å²) in [4.78, 5) is 11.0. The summed E-state index contributed by atoms with van der Waals surface area (Å²) in [6.07, 6.45) is 0.991. The predicted molar refractivity (Wildman–Crippen MR) is 99.3 cm³/mol. The van der Waals surface area contributed by atoms with Crippen LogP contribution in [0.5, 0.6) is 5.75 Å². The monoisotopic (exact) mass is 373 g/mol. The zero-order valence-corrected chi connectivity index (χ0v) is 15.0. The van der Waals surface area contributed by atoms with Gasteiger partial charge >= 0.3 is 0 Å². The molecule has 3 heterocycles. The number of ether oxygens (including phenoxy) is 1. The fraction of sp³-hybridized carbons (Fsp3) is 0.368. The molecule has 0 amide bonds. The zero-order valence-electron chi connectivity index (χ0n) is 15.0. The predicted octanol–water partition coefficient (Wildman–Crippen LogP) is 2.50. The maximum Gasteiger partial charge on any atom is 0.206 e. The van der Waals surface area contributed by atoms with Crippen molar-refractivity contribution in [2.45, 2.75) is 25.2 Å². The van der Waals surface area contributed by atoms with Gasteiger partial charge in [0.1, 0.15) is 17.7 Å². The molecular weight excluding hydrogens is 352 g/mol. The Morgan fingerprint density at radius 3 is 2.93 bits per heavy atom. The number of halogens is 2. The third kappa shape index (κ3) is 3.44. The van der Waals surface area contributed by atoms with Crippen LogP contribution < -0.4 is 15.4 Å². The molecule has 27 heavy (non-hydrogen) atoms. The fourth-order valence-corrected chi connectivity index (χ4v) is 3.45. The van der Waals surface area contributed by atoms with E-state index >= 15 is 0 Å². The first-order valence-corrected chi connectivity index (χ1v) is 8.84. The van der Waals surface area contributed by atoms with E-state index in [2.05, 4.69) is 9.97 Å². The molecule has 1 aliphatic rings. The second-order valence-corrected chi connectivity index (χ2v) is 6.73. The van der Waals surface area contributed by atoms with Gasteiger partial charge in [-0.15, -0.1) is 0 Å². The van der Waals surface area contributed by atoms with Crippen LogP contribution in [0.25, 0.3) is 11.0 Å². The number of nitrogens with zero attached hydrogens (tertiary/aromatic N) is 4. The van der Waals surface area contributed by atoms with Gasteiger partial charge < -0.3 is 19.9 Å². The number of benzene rings is 1. The number of hydrogen-bond donors (Lipinski definition) is 1. The van der Waals surface area contributed by atoms with Gasteiger partial charge in [-0.2, -0.15) is 0 Å². The average molecular weight is 373 g/mol. The van der Waals surface area contributed by atoms with E-state index in [9.17, 15) is 8.78 Å². The van der Waals surface area contributed by atoms with Crippen molar-refractivity contribution < 1.29 is 13.5 Å². The lowest BCUT2D eigenvalue weighted by Gasteiger charge is -2.34. The van der Waals surface area contributed by atoms with E-state index in [1.807, 2.05) is 15.5 Å². The SMILES string of the molecule is COc1ccnc(Cn2c(N3CC[C@@H](F)[C@H](N)C3)nc3ccc(F)cc32)c1. The average Bonchev–Trinajstić information content (AvgIpc) is 3.02. The highest BCUT2D eigenvalue weighted by Gasteiger charge is 2.29. The highest BCUT2D eigenvalue weighted by molar-refractivity contribution is 5.79. The van der Waals surface area contributed by atoms with Crippen LogP contribution in [0.2, 0.25) is 0 Å². The Hall–Kier alpha value is -2.74. The number of hydrogen-bond acceptors (Lipinski definition) is 5. The largest absolute Gasteiger partial charge is 0.497 e. The number of aromatic nitrogens is 3. The molecule has 3 aromatic rings. The van der Waals surface area contributed by atoms with Crippen LogP contribution in [-0.4, -0.2) is 46.9 Å². The topological polar surface area (TPSA) is 69.2 Å². The van der Waals surface area contributed by atoms with Crippen LogP contribution in [-0.2, 0) is 6.54 Å². The van der Waals surface area contributed by atoms with Crippen LogP contribution >= 0.6 is 0 Å². The highest BCUT2D eigenvalue weighted by Crippen LogP contribution is 2.27. The molecule has 1 fully saturated rings. The second-order valence-electron chi connectivity index (χ2n) is 6.73. The van der Waals surface area contributed by atoms with Crippen molar-refractivity contribution in [2.75, 3.05) is 25.1 Å². The first kappa shape index (κ1) is 17.7. The van der Waals surface area contributed by atoms with E-state index in [4.69, 9.17) is 10.5 Å². The smallest absolute Gasteiger partial charge is 0.206 e. The molecule has 2 atom stereocenters. The van der Waals surface area contributed by atoms with E-state index in [1.54, 1.807) is 25.4 Å². The zero-order chi connectivity index (χ0) is 19.0. The van der Waals surface area contributed by atoms with Crippen molar-refractivity contribution in [3.8, 4) is 5.75 Å². The van der Waals surface area contributed by atoms with Gasteiger partial charge in [-0.25, -0.2) is 13.8 Å². The maximum atomic E-state index is 13.9. The number of imidazole rings is 1. The molecule has 0 bridgehead atoms. The quantitative estimate of drug-likeness (QED) is 0.761. The van der Waals surface area contributed by atoms with Crippen molar-refractivity contribution >= 4 is 17.0 Å². The van der Waals surface area contributed by atoms with Crippen molar-refractivity contribution in [2.24, 2.45) is 5.73 Å². The minimum absolute atomic E-state index is 0.340. The van der Waals surface area contributed by atoms with E-state index < -0.39 is 12.2 Å². The third-order valence-electron chi connectivity index (χ3n) is 4.89. The molecule has 6 nitrogen and oxygen atoms in total. The summed E-state index contributed by atoms with van der Waals surface area (Å²) in [6.45, 7) is 1.25. The summed E-state index contributed by atoms with van der Waals surface area (Å²) in [6, 6.07) is 7.50. The molecule has 1 aromatic carbocycles. The van der Waals surface area contributed by atoms with Gasteiger partial charge in [0.15, 0.2) is 0 Å². The molecule has 0 unspecified atom stereocenters. The fourth-order valence-electron chi connectivity index (χ4n) is 3.45. The Balaban J connectivity index is 1.77. The molecule has 4 rings (SSSR count). The van der Waals surface area contributed by atoms with E-state index in [0.717, 1.165) is 5.69 Å². The van der Waals surface area contributed by atoms with Gasteiger partial charge in [0.05, 0.1) is 36.4 Å². The van der Waals surface area contributed by atoms with Crippen LogP contribution in [0.3, 0.4) is 0 Å². The molecule has 1 aliphatic heterocycles. The molecule has 0 aliphatic carbocycles. The Morgan fingerprint density at radius 2 is 2.15 bits per heavy atom. The lowest BCUT2D eigenvalue weighted by atomic mass is 10.1. The minimum Gasteiger partial charge on any atom is -0.497 e. The molecule has 8 heteroatoms. The molecule has 2 aromatic heterocycles. The first-order chi connectivity index (χ1) is 13.0. The third-order valence-corrected chi connectivity index (χ3v) is 4.89. The van der Waals surface area contributed by atoms with E-state index in [0.29, 0.717) is 48.8 Å². The number of alkyl halides is 1. The van der Waals surface area contributed by atoms with Crippen molar-refractivity contribution in [1.82, 2.24) is 14.5 Å². The molecule has 142 valence electrons. The summed E-state index contributed by atoms with van der Waals surface area (Å²) in [5.74, 6) is 0.993. The lowest BCUT2D eigenvalue weighted by molar-refractivity contribution is 0.243. The number of rotatable bonds is 4. The Kier molecular flexibility index (Phi) is 4.65. The van der Waals surface area contributed by atoms with E-state index in [-0.39, 0.29) is 5.82 Å². The van der Waals surface area contributed by atoms with Gasteiger partial charge in [0.2, 0.25) is 5.95 Å². The summed E-state index contributed by atoms with van der Waals surface area (Å²) in [7, 11) is 1.59. The summed E-state index contributed by atoms with van der Waals surface area (Å²) in [5.41, 5.74) is 8.01. The van der Waals surface area contributed by atoms with Crippen molar-refractivity contribution in [1.29, 1.82) is 0 Å². The number of nitrogens with two attached hydrogens (primary N) is 1. The number of anilines is 1. The highest BCUT2D eigenvalue weighted by atomic mass is 19.1. The summed E-state index contributed by atoms with van der Waals surface area (Å²) >= 11 is 0. The van der Waals surface area contributed by atoms with Gasteiger partial charge in [0, 0.05) is 25.4 Å². The van der Waals surface area contributed by atoms with Crippen molar-refractivity contribution in [3.63, 3.8) is 0 Å². The molecule has 0 saturated carbocycles. The van der Waals surface area contributed by atoms with Crippen LogP contribution in [0.15, 0.2) is 36.5 Å². The van der Waals surface area contributed by atoms with Crippen molar-refractivity contribution in [3.05, 3.63) is 48.0 Å². The molecule has 0 spiro atoms. The Bertz CT molecular complexity index is 960. The normalized spacial score (nSPS) is 20.2. The van der Waals surface area contributed by atoms with Crippen LogP contribution in [0.1, 0.15) is 12.1 Å². The van der Waals surface area contributed by atoms with Gasteiger partial charge in [-0.3, -0.25) is 4.98 Å². The maximum absolute atomic E-state index is 13.9. The number of fused-ring (bicyclic) bond motifs is 1. The van der Waals surface area contributed by atoms with E-state index in [1.165, 1.54) is 12.1 Å². The summed E-state index contributed by atoms with van der Waals surface area (Å²) in [5, 5.41) is 0. The van der Waals surface area contributed by atoms with Gasteiger partial charge in [-0.05, 0) is 30.7 Å². The van der Waals surface area contributed by atoms with Crippen LogP contribution in [0, 0.1) is 5.82 Å². The molecular formula is C19H21F2N5O. The second kappa shape index (κ2) is 7.11. The lowest BCUT2D eigenvalue weighted by Crippen LogP contribution is -2.50. The minimum atomic E-state index is -1.02. The molecule has 2 N–H and O–H groups in total. The summed E-state index contributed by atoms with van der Waals surface area (Å²) < 4.78 is 34.8.